The monoisotopic (exact) mass is 227 g/mol. The van der Waals surface area contributed by atoms with Crippen LogP contribution in [0, 0.1) is 5.82 Å². The number of hydrogen-bond acceptors (Lipinski definition) is 2. The summed E-state index contributed by atoms with van der Waals surface area (Å²) in [5, 5.41) is 0. The molecule has 0 saturated carbocycles. The molecule has 1 rings (SSSR count). The zero-order chi connectivity index (χ0) is 11.1. The fraction of sp³-hybridized carbons (Fsp3) is 0.500. The van der Waals surface area contributed by atoms with Crippen molar-refractivity contribution < 1.29 is 4.39 Å². The second kappa shape index (κ2) is 6.85. The van der Waals surface area contributed by atoms with E-state index in [2.05, 4.69) is 6.92 Å². The van der Waals surface area contributed by atoms with E-state index in [1.165, 1.54) is 6.07 Å². The Morgan fingerprint density at radius 1 is 1.40 bits per heavy atom. The van der Waals surface area contributed by atoms with Crippen molar-refractivity contribution in [3.05, 3.63) is 35.6 Å². The van der Waals surface area contributed by atoms with Crippen molar-refractivity contribution in [2.24, 2.45) is 5.73 Å². The third-order valence-electron chi connectivity index (χ3n) is 2.12. The molecule has 1 unspecified atom stereocenters. The Kier molecular flexibility index (Phi) is 5.73. The zero-order valence-corrected chi connectivity index (χ0v) is 9.90. The van der Waals surface area contributed by atoms with Crippen LogP contribution in [0.1, 0.15) is 18.9 Å². The third-order valence-corrected chi connectivity index (χ3v) is 3.48. The van der Waals surface area contributed by atoms with E-state index in [4.69, 9.17) is 5.73 Å². The highest BCUT2D eigenvalue weighted by Crippen LogP contribution is 2.11. The van der Waals surface area contributed by atoms with Crippen LogP contribution in [0.3, 0.4) is 0 Å². The highest BCUT2D eigenvalue weighted by Gasteiger charge is 2.07. The minimum Gasteiger partial charge on any atom is -0.327 e. The lowest BCUT2D eigenvalue weighted by molar-refractivity contribution is 0.597. The summed E-state index contributed by atoms with van der Waals surface area (Å²) in [6.07, 6.45) is 1.79. The molecule has 0 bridgehead atoms. The largest absolute Gasteiger partial charge is 0.327 e. The molecule has 1 aromatic carbocycles. The normalized spacial score (nSPS) is 12.7. The molecule has 0 aliphatic heterocycles. The van der Waals surface area contributed by atoms with Gasteiger partial charge in [-0.15, -0.1) is 0 Å². The highest BCUT2D eigenvalue weighted by molar-refractivity contribution is 7.99. The van der Waals surface area contributed by atoms with Crippen LogP contribution in [0.2, 0.25) is 0 Å². The van der Waals surface area contributed by atoms with Gasteiger partial charge in [-0.3, -0.25) is 0 Å². The Bertz CT molecular complexity index is 291. The van der Waals surface area contributed by atoms with Gasteiger partial charge in [0.1, 0.15) is 5.82 Å². The van der Waals surface area contributed by atoms with Crippen molar-refractivity contribution >= 4 is 11.8 Å². The van der Waals surface area contributed by atoms with E-state index in [1.807, 2.05) is 17.8 Å². The molecule has 1 aromatic rings. The number of rotatable bonds is 6. The van der Waals surface area contributed by atoms with Crippen LogP contribution in [0.4, 0.5) is 4.39 Å². The molecule has 0 amide bonds. The van der Waals surface area contributed by atoms with Gasteiger partial charge < -0.3 is 5.73 Å². The third kappa shape index (κ3) is 4.67. The summed E-state index contributed by atoms with van der Waals surface area (Å²) in [6.45, 7) is 2.15. The van der Waals surface area contributed by atoms with Gasteiger partial charge in [0.15, 0.2) is 0 Å². The van der Waals surface area contributed by atoms with E-state index in [-0.39, 0.29) is 11.9 Å². The second-order valence-electron chi connectivity index (χ2n) is 3.63. The van der Waals surface area contributed by atoms with Gasteiger partial charge in [0.05, 0.1) is 0 Å². The van der Waals surface area contributed by atoms with E-state index in [0.29, 0.717) is 6.42 Å². The topological polar surface area (TPSA) is 26.0 Å². The van der Waals surface area contributed by atoms with Crippen molar-refractivity contribution in [1.29, 1.82) is 0 Å². The van der Waals surface area contributed by atoms with Crippen molar-refractivity contribution in [3.63, 3.8) is 0 Å². The molecule has 1 atom stereocenters. The molecular weight excluding hydrogens is 209 g/mol. The first-order valence-electron chi connectivity index (χ1n) is 5.30. The predicted octanol–water partition coefficient (Wildman–Crippen LogP) is 2.84. The average Bonchev–Trinajstić information content (AvgIpc) is 2.22. The Morgan fingerprint density at radius 2 is 2.13 bits per heavy atom. The number of thioether (sulfide) groups is 1. The first-order chi connectivity index (χ1) is 7.24. The van der Waals surface area contributed by atoms with Crippen LogP contribution in [0.5, 0.6) is 0 Å². The van der Waals surface area contributed by atoms with Crippen molar-refractivity contribution in [2.45, 2.75) is 25.8 Å². The summed E-state index contributed by atoms with van der Waals surface area (Å²) in [4.78, 5) is 0. The molecule has 2 N–H and O–H groups in total. The van der Waals surface area contributed by atoms with E-state index >= 15 is 0 Å². The minimum absolute atomic E-state index is 0.0541. The lowest BCUT2D eigenvalue weighted by Gasteiger charge is -2.11. The van der Waals surface area contributed by atoms with E-state index in [0.717, 1.165) is 23.5 Å². The Balaban J connectivity index is 2.37. The molecule has 84 valence electrons. The zero-order valence-electron chi connectivity index (χ0n) is 9.08. The van der Waals surface area contributed by atoms with Crippen LogP contribution in [-0.4, -0.2) is 17.5 Å². The maximum atomic E-state index is 13.3. The SMILES string of the molecule is CCCSCC(N)Cc1ccccc1F. The molecule has 0 aliphatic carbocycles. The molecule has 15 heavy (non-hydrogen) atoms. The minimum atomic E-state index is -0.145. The van der Waals surface area contributed by atoms with Gasteiger partial charge in [-0.1, -0.05) is 25.1 Å². The Morgan fingerprint density at radius 3 is 2.80 bits per heavy atom. The maximum absolute atomic E-state index is 13.3. The van der Waals surface area contributed by atoms with Gasteiger partial charge in [0.25, 0.3) is 0 Å². The summed E-state index contributed by atoms with van der Waals surface area (Å²) >= 11 is 1.84. The predicted molar refractivity (Wildman–Crippen MR) is 65.7 cm³/mol. The molecule has 0 heterocycles. The first-order valence-corrected chi connectivity index (χ1v) is 6.46. The molecular formula is C12H18FNS. The van der Waals surface area contributed by atoms with Gasteiger partial charge >= 0.3 is 0 Å². The molecule has 0 aromatic heterocycles. The summed E-state index contributed by atoms with van der Waals surface area (Å²) in [7, 11) is 0. The molecule has 1 nitrogen and oxygen atoms in total. The average molecular weight is 227 g/mol. The van der Waals surface area contributed by atoms with E-state index < -0.39 is 0 Å². The standard InChI is InChI=1S/C12H18FNS/c1-2-7-15-9-11(14)8-10-5-3-4-6-12(10)13/h3-6,11H,2,7-9,14H2,1H3. The highest BCUT2D eigenvalue weighted by atomic mass is 32.2. The summed E-state index contributed by atoms with van der Waals surface area (Å²) in [5.41, 5.74) is 6.65. The van der Waals surface area contributed by atoms with Crippen LogP contribution in [0.15, 0.2) is 24.3 Å². The van der Waals surface area contributed by atoms with Crippen LogP contribution in [-0.2, 0) is 6.42 Å². The quantitative estimate of drug-likeness (QED) is 0.756. The van der Waals surface area contributed by atoms with E-state index in [9.17, 15) is 4.39 Å². The lowest BCUT2D eigenvalue weighted by Crippen LogP contribution is -2.26. The Hall–Kier alpha value is -0.540. The van der Waals surface area contributed by atoms with Crippen molar-refractivity contribution in [1.82, 2.24) is 0 Å². The molecule has 0 radical (unpaired) electrons. The van der Waals surface area contributed by atoms with E-state index in [1.54, 1.807) is 12.1 Å². The van der Waals surface area contributed by atoms with Gasteiger partial charge in [-0.2, -0.15) is 11.8 Å². The van der Waals surface area contributed by atoms with Crippen molar-refractivity contribution in [2.75, 3.05) is 11.5 Å². The maximum Gasteiger partial charge on any atom is 0.126 e. The number of benzene rings is 1. The summed E-state index contributed by atoms with van der Waals surface area (Å²) in [6, 6.07) is 6.90. The Labute approximate surface area is 95.2 Å². The second-order valence-corrected chi connectivity index (χ2v) is 4.78. The van der Waals surface area contributed by atoms with Crippen molar-refractivity contribution in [3.8, 4) is 0 Å². The fourth-order valence-corrected chi connectivity index (χ4v) is 2.26. The molecule has 0 fully saturated rings. The van der Waals surface area contributed by atoms with Crippen LogP contribution >= 0.6 is 11.8 Å². The number of halogens is 1. The molecule has 0 saturated heterocycles. The summed E-state index contributed by atoms with van der Waals surface area (Å²) < 4.78 is 13.3. The van der Waals surface area contributed by atoms with Crippen LogP contribution in [0.25, 0.3) is 0 Å². The number of nitrogens with two attached hydrogens (primary N) is 1. The first kappa shape index (κ1) is 12.5. The van der Waals surface area contributed by atoms with Gasteiger partial charge in [-0.05, 0) is 30.2 Å². The smallest absolute Gasteiger partial charge is 0.126 e. The molecule has 0 spiro atoms. The lowest BCUT2D eigenvalue weighted by atomic mass is 10.1. The molecule has 3 heteroatoms. The summed E-state index contributed by atoms with van der Waals surface area (Å²) in [5.74, 6) is 1.89. The number of hydrogen-bond donors (Lipinski definition) is 1. The van der Waals surface area contributed by atoms with Gasteiger partial charge in [0.2, 0.25) is 0 Å². The van der Waals surface area contributed by atoms with Crippen LogP contribution < -0.4 is 5.73 Å². The van der Waals surface area contributed by atoms with Gasteiger partial charge in [0, 0.05) is 11.8 Å². The van der Waals surface area contributed by atoms with Gasteiger partial charge in [-0.25, -0.2) is 4.39 Å². The molecule has 0 aliphatic rings. The fourth-order valence-electron chi connectivity index (χ4n) is 1.38.